The van der Waals surface area contributed by atoms with E-state index in [0.717, 1.165) is 18.0 Å². The number of phenols is 1. The zero-order valence-corrected chi connectivity index (χ0v) is 12.8. The summed E-state index contributed by atoms with van der Waals surface area (Å²) in [4.78, 5) is 14.4. The molecule has 1 aromatic carbocycles. The summed E-state index contributed by atoms with van der Waals surface area (Å²) in [5, 5.41) is 9.53. The lowest BCUT2D eigenvalue weighted by molar-refractivity contribution is 0.0728. The topological polar surface area (TPSA) is 40.5 Å². The fourth-order valence-corrected chi connectivity index (χ4v) is 3.92. The molecular weight excluding hydrogens is 262 g/mol. The summed E-state index contributed by atoms with van der Waals surface area (Å²) < 4.78 is 0. The lowest BCUT2D eigenvalue weighted by Crippen LogP contribution is -2.31. The fourth-order valence-electron chi connectivity index (χ4n) is 3.92. The van der Waals surface area contributed by atoms with Crippen molar-refractivity contribution in [3.05, 3.63) is 29.3 Å². The first kappa shape index (κ1) is 14.4. The van der Waals surface area contributed by atoms with Crippen molar-refractivity contribution >= 4 is 5.91 Å². The van der Waals surface area contributed by atoms with Crippen molar-refractivity contribution in [1.29, 1.82) is 0 Å². The van der Waals surface area contributed by atoms with Crippen molar-refractivity contribution in [2.24, 2.45) is 11.8 Å². The van der Waals surface area contributed by atoms with Crippen LogP contribution >= 0.6 is 0 Å². The van der Waals surface area contributed by atoms with Crippen molar-refractivity contribution in [2.75, 3.05) is 6.54 Å². The summed E-state index contributed by atoms with van der Waals surface area (Å²) in [6.07, 6.45) is 7.83. The molecule has 0 radical (unpaired) electrons. The standard InChI is InChI=1S/C18H25NO2/c1-2-3-13-4-6-14(7-5-13)11-19-12-15-8-9-16(20)10-17(15)18(19)21/h8-10,13-14,20H,2-7,11-12H2,1H3. The van der Waals surface area contributed by atoms with E-state index in [2.05, 4.69) is 6.92 Å². The Hall–Kier alpha value is -1.51. The van der Waals surface area contributed by atoms with Crippen LogP contribution in [-0.2, 0) is 6.54 Å². The lowest BCUT2D eigenvalue weighted by atomic mass is 9.80. The molecule has 21 heavy (non-hydrogen) atoms. The molecule has 1 aromatic rings. The van der Waals surface area contributed by atoms with Crippen LogP contribution in [0.4, 0.5) is 0 Å². The minimum Gasteiger partial charge on any atom is -0.508 e. The Morgan fingerprint density at radius 1 is 1.19 bits per heavy atom. The summed E-state index contributed by atoms with van der Waals surface area (Å²) in [5.74, 6) is 1.85. The van der Waals surface area contributed by atoms with Gasteiger partial charge in [0.2, 0.25) is 0 Å². The number of aromatic hydroxyl groups is 1. The SMILES string of the molecule is CCCC1CCC(CN2Cc3ccc(O)cc3C2=O)CC1. The molecule has 0 aromatic heterocycles. The number of benzene rings is 1. The Bertz CT molecular complexity index is 518. The molecule has 1 amide bonds. The molecule has 0 bridgehead atoms. The second-order valence-electron chi connectivity index (χ2n) is 6.70. The molecule has 0 saturated heterocycles. The number of rotatable bonds is 4. The van der Waals surface area contributed by atoms with Gasteiger partial charge < -0.3 is 10.0 Å². The molecule has 1 aliphatic carbocycles. The van der Waals surface area contributed by atoms with Gasteiger partial charge in [0.05, 0.1) is 0 Å². The monoisotopic (exact) mass is 287 g/mol. The average Bonchev–Trinajstić information content (AvgIpc) is 2.78. The molecule has 1 saturated carbocycles. The van der Waals surface area contributed by atoms with E-state index in [1.54, 1.807) is 12.1 Å². The van der Waals surface area contributed by atoms with E-state index >= 15 is 0 Å². The molecule has 1 N–H and O–H groups in total. The van der Waals surface area contributed by atoms with Gasteiger partial charge in [-0.15, -0.1) is 0 Å². The Kier molecular flexibility index (Phi) is 4.18. The number of carbonyl (C=O) groups is 1. The van der Waals surface area contributed by atoms with E-state index in [0.29, 0.717) is 18.0 Å². The van der Waals surface area contributed by atoms with Crippen LogP contribution in [0.1, 0.15) is 61.4 Å². The van der Waals surface area contributed by atoms with Gasteiger partial charge in [-0.2, -0.15) is 0 Å². The molecule has 3 rings (SSSR count). The molecule has 1 aliphatic heterocycles. The molecule has 1 heterocycles. The van der Waals surface area contributed by atoms with Gasteiger partial charge in [-0.25, -0.2) is 0 Å². The average molecular weight is 287 g/mol. The third kappa shape index (κ3) is 3.07. The highest BCUT2D eigenvalue weighted by atomic mass is 16.3. The summed E-state index contributed by atoms with van der Waals surface area (Å²) in [5.41, 5.74) is 1.74. The molecule has 0 spiro atoms. The first-order valence-electron chi connectivity index (χ1n) is 8.28. The van der Waals surface area contributed by atoms with Gasteiger partial charge in [0.15, 0.2) is 0 Å². The van der Waals surface area contributed by atoms with Crippen LogP contribution in [0.5, 0.6) is 5.75 Å². The van der Waals surface area contributed by atoms with Crippen molar-refractivity contribution < 1.29 is 9.90 Å². The number of hydrogen-bond donors (Lipinski definition) is 1. The zero-order chi connectivity index (χ0) is 14.8. The highest BCUT2D eigenvalue weighted by Gasteiger charge is 2.30. The second kappa shape index (κ2) is 6.08. The highest BCUT2D eigenvalue weighted by molar-refractivity contribution is 5.98. The third-order valence-corrected chi connectivity index (χ3v) is 5.11. The van der Waals surface area contributed by atoms with Gasteiger partial charge >= 0.3 is 0 Å². The Labute approximate surface area is 127 Å². The van der Waals surface area contributed by atoms with Gasteiger partial charge in [-0.1, -0.05) is 38.7 Å². The van der Waals surface area contributed by atoms with E-state index in [1.165, 1.54) is 38.5 Å². The maximum Gasteiger partial charge on any atom is 0.254 e. The second-order valence-corrected chi connectivity index (χ2v) is 6.70. The predicted molar refractivity (Wildman–Crippen MR) is 83.2 cm³/mol. The zero-order valence-electron chi connectivity index (χ0n) is 12.8. The van der Waals surface area contributed by atoms with Crippen molar-refractivity contribution in [3.63, 3.8) is 0 Å². The van der Waals surface area contributed by atoms with E-state index < -0.39 is 0 Å². The van der Waals surface area contributed by atoms with Crippen LogP contribution < -0.4 is 0 Å². The summed E-state index contributed by atoms with van der Waals surface area (Å²) in [6.45, 7) is 3.86. The van der Waals surface area contributed by atoms with Crippen molar-refractivity contribution in [3.8, 4) is 5.75 Å². The van der Waals surface area contributed by atoms with Gasteiger partial charge in [0, 0.05) is 18.7 Å². The normalized spacial score (nSPS) is 25.2. The molecule has 0 unspecified atom stereocenters. The smallest absolute Gasteiger partial charge is 0.254 e. The number of nitrogens with zero attached hydrogens (tertiary/aromatic N) is 1. The summed E-state index contributed by atoms with van der Waals surface area (Å²) in [6, 6.07) is 5.15. The molecule has 2 aliphatic rings. The van der Waals surface area contributed by atoms with E-state index in [4.69, 9.17) is 0 Å². The maximum absolute atomic E-state index is 12.4. The van der Waals surface area contributed by atoms with Crippen LogP contribution in [0.3, 0.4) is 0 Å². The minimum absolute atomic E-state index is 0.0941. The Morgan fingerprint density at radius 2 is 1.90 bits per heavy atom. The first-order valence-corrected chi connectivity index (χ1v) is 8.28. The molecule has 0 atom stereocenters. The molecular formula is C18H25NO2. The van der Waals surface area contributed by atoms with Gasteiger partial charge in [0.1, 0.15) is 5.75 Å². The summed E-state index contributed by atoms with van der Waals surface area (Å²) >= 11 is 0. The fraction of sp³-hybridized carbons (Fsp3) is 0.611. The predicted octanol–water partition coefficient (Wildman–Crippen LogP) is 3.95. The van der Waals surface area contributed by atoms with Crippen LogP contribution in [-0.4, -0.2) is 22.5 Å². The van der Waals surface area contributed by atoms with Crippen LogP contribution in [0.25, 0.3) is 0 Å². The number of phenolic OH excluding ortho intramolecular Hbond substituents is 1. The molecule has 3 nitrogen and oxygen atoms in total. The minimum atomic E-state index is 0.0941. The molecule has 114 valence electrons. The van der Waals surface area contributed by atoms with E-state index in [1.807, 2.05) is 11.0 Å². The van der Waals surface area contributed by atoms with Crippen LogP contribution in [0.2, 0.25) is 0 Å². The van der Waals surface area contributed by atoms with Crippen LogP contribution in [0, 0.1) is 11.8 Å². The number of fused-ring (bicyclic) bond motifs is 1. The third-order valence-electron chi connectivity index (χ3n) is 5.11. The number of amides is 1. The lowest BCUT2D eigenvalue weighted by Gasteiger charge is -2.31. The highest BCUT2D eigenvalue weighted by Crippen LogP contribution is 2.34. The Morgan fingerprint density at radius 3 is 2.62 bits per heavy atom. The molecule has 3 heteroatoms. The van der Waals surface area contributed by atoms with Gasteiger partial charge in [-0.05, 0) is 42.4 Å². The van der Waals surface area contributed by atoms with Crippen LogP contribution in [0.15, 0.2) is 18.2 Å². The quantitative estimate of drug-likeness (QED) is 0.910. The van der Waals surface area contributed by atoms with Gasteiger partial charge in [-0.3, -0.25) is 4.79 Å². The molecule has 1 fully saturated rings. The van der Waals surface area contributed by atoms with E-state index in [9.17, 15) is 9.90 Å². The Balaban J connectivity index is 1.57. The van der Waals surface area contributed by atoms with Crippen molar-refractivity contribution in [1.82, 2.24) is 4.90 Å². The van der Waals surface area contributed by atoms with Gasteiger partial charge in [0.25, 0.3) is 5.91 Å². The number of carbonyl (C=O) groups excluding carboxylic acids is 1. The van der Waals surface area contributed by atoms with E-state index in [-0.39, 0.29) is 11.7 Å². The first-order chi connectivity index (χ1) is 10.2. The summed E-state index contributed by atoms with van der Waals surface area (Å²) in [7, 11) is 0. The largest absolute Gasteiger partial charge is 0.508 e. The maximum atomic E-state index is 12.4. The number of hydrogen-bond acceptors (Lipinski definition) is 2. The van der Waals surface area contributed by atoms with Crippen molar-refractivity contribution in [2.45, 2.75) is 52.0 Å².